The molecule has 1 aliphatic rings. The minimum absolute atomic E-state index is 0. The lowest BCUT2D eigenvalue weighted by Crippen LogP contribution is -2.37. The van der Waals surface area contributed by atoms with Crippen molar-refractivity contribution < 1.29 is 4.79 Å². The van der Waals surface area contributed by atoms with E-state index in [1.54, 1.807) is 7.05 Å². The number of rotatable bonds is 5. The third kappa shape index (κ3) is 5.53. The van der Waals surface area contributed by atoms with Gasteiger partial charge in [0.1, 0.15) is 0 Å². The molecule has 4 N–H and O–H groups in total. The molecule has 1 fully saturated rings. The Morgan fingerprint density at radius 1 is 1.38 bits per heavy atom. The van der Waals surface area contributed by atoms with Gasteiger partial charge in [0, 0.05) is 26.1 Å². The summed E-state index contributed by atoms with van der Waals surface area (Å²) in [5, 5.41) is 5.86. The second-order valence-corrected chi connectivity index (χ2v) is 3.81. The predicted molar refractivity (Wildman–Crippen MR) is 75.9 cm³/mol. The minimum Gasteiger partial charge on any atom is -0.370 e. The molecule has 0 heterocycles. The summed E-state index contributed by atoms with van der Waals surface area (Å²) in [4.78, 5) is 15.2. The van der Waals surface area contributed by atoms with Crippen LogP contribution in [0.5, 0.6) is 0 Å². The molecular weight excluding hydrogens is 319 g/mol. The Balaban J connectivity index is 0.00000225. The van der Waals surface area contributed by atoms with Gasteiger partial charge in [0.05, 0.1) is 0 Å². The molecule has 16 heavy (non-hydrogen) atoms. The molecule has 0 aromatic carbocycles. The van der Waals surface area contributed by atoms with Gasteiger partial charge < -0.3 is 16.4 Å². The third-order valence-corrected chi connectivity index (χ3v) is 2.68. The fourth-order valence-corrected chi connectivity index (χ4v) is 1.41. The summed E-state index contributed by atoms with van der Waals surface area (Å²) in [7, 11) is 1.64. The van der Waals surface area contributed by atoms with Crippen molar-refractivity contribution in [1.29, 1.82) is 0 Å². The molecule has 0 aliphatic heterocycles. The number of hydrogen-bond acceptors (Lipinski definition) is 2. The molecule has 1 aliphatic carbocycles. The van der Waals surface area contributed by atoms with E-state index in [1.165, 1.54) is 6.42 Å². The number of aliphatic imine (C=N–C) groups is 1. The first-order valence-electron chi connectivity index (χ1n) is 5.48. The van der Waals surface area contributed by atoms with Crippen molar-refractivity contribution in [3.63, 3.8) is 0 Å². The third-order valence-electron chi connectivity index (χ3n) is 2.68. The molecule has 0 atom stereocenters. The monoisotopic (exact) mass is 340 g/mol. The average molecular weight is 340 g/mol. The maximum atomic E-state index is 11.4. The smallest absolute Gasteiger partial charge is 0.223 e. The Kier molecular flexibility index (Phi) is 8.32. The molecule has 0 spiro atoms. The van der Waals surface area contributed by atoms with Gasteiger partial charge in [0.15, 0.2) is 5.96 Å². The van der Waals surface area contributed by atoms with Crippen LogP contribution in [0.2, 0.25) is 0 Å². The fourth-order valence-electron chi connectivity index (χ4n) is 1.41. The normalized spacial score (nSPS) is 15.9. The molecule has 1 saturated carbocycles. The number of carbonyl (C=O) groups excluding carboxylic acids is 1. The van der Waals surface area contributed by atoms with Crippen LogP contribution in [-0.4, -0.2) is 32.0 Å². The Bertz CT molecular complexity index is 241. The molecule has 5 nitrogen and oxygen atoms in total. The second-order valence-electron chi connectivity index (χ2n) is 3.81. The van der Waals surface area contributed by atoms with E-state index in [0.717, 1.165) is 25.8 Å². The molecule has 0 aromatic heterocycles. The van der Waals surface area contributed by atoms with Crippen molar-refractivity contribution >= 4 is 35.8 Å². The summed E-state index contributed by atoms with van der Waals surface area (Å²) in [6.07, 6.45) is 4.18. The molecule has 6 heteroatoms. The number of hydrogen-bond donors (Lipinski definition) is 3. The Morgan fingerprint density at radius 3 is 2.50 bits per heavy atom. The molecular formula is C10H21IN4O. The summed E-state index contributed by atoms with van der Waals surface area (Å²) < 4.78 is 0. The molecule has 1 rings (SSSR count). The standard InChI is InChI=1S/C10H20N4O.HI/c1-12-10(11)14-7-3-6-13-9(15)8-4-2-5-8;/h8H,2-7H2,1H3,(H,13,15)(H3,11,12,14);1H. The second kappa shape index (κ2) is 8.60. The molecule has 0 bridgehead atoms. The first-order chi connectivity index (χ1) is 7.24. The Labute approximate surface area is 114 Å². The maximum absolute atomic E-state index is 11.4. The van der Waals surface area contributed by atoms with E-state index in [0.29, 0.717) is 12.5 Å². The van der Waals surface area contributed by atoms with Crippen molar-refractivity contribution in [3.05, 3.63) is 0 Å². The summed E-state index contributed by atoms with van der Waals surface area (Å²) in [6, 6.07) is 0. The van der Waals surface area contributed by atoms with Crippen LogP contribution in [0.4, 0.5) is 0 Å². The number of nitrogens with two attached hydrogens (primary N) is 1. The maximum Gasteiger partial charge on any atom is 0.223 e. The minimum atomic E-state index is 0. The fraction of sp³-hybridized carbons (Fsp3) is 0.800. The zero-order valence-corrected chi connectivity index (χ0v) is 12.0. The van der Waals surface area contributed by atoms with Gasteiger partial charge in [-0.05, 0) is 19.3 Å². The number of nitrogens with one attached hydrogen (secondary N) is 2. The van der Waals surface area contributed by atoms with Gasteiger partial charge in [-0.15, -0.1) is 24.0 Å². The SMILES string of the molecule is CN=C(N)NCCCNC(=O)C1CCC1.I. The molecule has 0 unspecified atom stereocenters. The molecule has 0 saturated heterocycles. The van der Waals surface area contributed by atoms with Crippen LogP contribution < -0.4 is 16.4 Å². The molecule has 94 valence electrons. The largest absolute Gasteiger partial charge is 0.370 e. The van der Waals surface area contributed by atoms with Gasteiger partial charge in [-0.1, -0.05) is 6.42 Å². The van der Waals surface area contributed by atoms with Crippen LogP contribution in [-0.2, 0) is 4.79 Å². The highest BCUT2D eigenvalue weighted by molar-refractivity contribution is 14.0. The van der Waals surface area contributed by atoms with Crippen LogP contribution in [0.25, 0.3) is 0 Å². The highest BCUT2D eigenvalue weighted by Crippen LogP contribution is 2.25. The van der Waals surface area contributed by atoms with E-state index in [2.05, 4.69) is 15.6 Å². The van der Waals surface area contributed by atoms with Crippen molar-refractivity contribution in [2.45, 2.75) is 25.7 Å². The highest BCUT2D eigenvalue weighted by Gasteiger charge is 2.24. The molecule has 1 amide bonds. The average Bonchev–Trinajstić information content (AvgIpc) is 2.14. The van der Waals surface area contributed by atoms with Gasteiger partial charge in [-0.3, -0.25) is 9.79 Å². The van der Waals surface area contributed by atoms with Gasteiger partial charge in [-0.25, -0.2) is 0 Å². The molecule has 0 radical (unpaired) electrons. The van der Waals surface area contributed by atoms with E-state index in [4.69, 9.17) is 5.73 Å². The first-order valence-corrected chi connectivity index (χ1v) is 5.48. The number of guanidine groups is 1. The van der Waals surface area contributed by atoms with Gasteiger partial charge >= 0.3 is 0 Å². The Morgan fingerprint density at radius 2 is 2.00 bits per heavy atom. The Hall–Kier alpha value is -0.530. The summed E-state index contributed by atoms with van der Waals surface area (Å²) in [5.41, 5.74) is 5.45. The zero-order valence-electron chi connectivity index (χ0n) is 9.66. The van der Waals surface area contributed by atoms with Crippen molar-refractivity contribution in [1.82, 2.24) is 10.6 Å². The van der Waals surface area contributed by atoms with Crippen LogP contribution in [0.3, 0.4) is 0 Å². The number of nitrogens with zero attached hydrogens (tertiary/aromatic N) is 1. The molecule has 0 aromatic rings. The van der Waals surface area contributed by atoms with Gasteiger partial charge in [0.2, 0.25) is 5.91 Å². The zero-order chi connectivity index (χ0) is 11.1. The van der Waals surface area contributed by atoms with Gasteiger partial charge in [0.25, 0.3) is 0 Å². The van der Waals surface area contributed by atoms with Crippen molar-refractivity contribution in [2.75, 3.05) is 20.1 Å². The summed E-state index contributed by atoms with van der Waals surface area (Å²) in [5.74, 6) is 0.930. The van der Waals surface area contributed by atoms with Crippen LogP contribution in [0.1, 0.15) is 25.7 Å². The quantitative estimate of drug-likeness (QED) is 0.294. The van der Waals surface area contributed by atoms with Crippen LogP contribution >= 0.6 is 24.0 Å². The van der Waals surface area contributed by atoms with E-state index < -0.39 is 0 Å². The van der Waals surface area contributed by atoms with Crippen molar-refractivity contribution in [3.8, 4) is 0 Å². The topological polar surface area (TPSA) is 79.5 Å². The van der Waals surface area contributed by atoms with E-state index in [1.807, 2.05) is 0 Å². The van der Waals surface area contributed by atoms with Crippen LogP contribution in [0.15, 0.2) is 4.99 Å². The summed E-state index contributed by atoms with van der Waals surface area (Å²) >= 11 is 0. The lowest BCUT2D eigenvalue weighted by atomic mass is 9.85. The number of halogens is 1. The highest BCUT2D eigenvalue weighted by atomic mass is 127. The summed E-state index contributed by atoms with van der Waals surface area (Å²) in [6.45, 7) is 1.45. The van der Waals surface area contributed by atoms with Crippen LogP contribution in [0, 0.1) is 5.92 Å². The van der Waals surface area contributed by atoms with Gasteiger partial charge in [-0.2, -0.15) is 0 Å². The van der Waals surface area contributed by atoms with E-state index in [9.17, 15) is 4.79 Å². The van der Waals surface area contributed by atoms with E-state index in [-0.39, 0.29) is 35.8 Å². The van der Waals surface area contributed by atoms with Crippen molar-refractivity contribution in [2.24, 2.45) is 16.6 Å². The number of amides is 1. The lowest BCUT2D eigenvalue weighted by Gasteiger charge is -2.23. The van der Waals surface area contributed by atoms with E-state index >= 15 is 0 Å². The first kappa shape index (κ1) is 15.5. The predicted octanol–water partition coefficient (Wildman–Crippen LogP) is 0.445. The lowest BCUT2D eigenvalue weighted by molar-refractivity contribution is -0.127. The number of carbonyl (C=O) groups is 1.